The molecule has 0 radical (unpaired) electrons. The lowest BCUT2D eigenvalue weighted by Gasteiger charge is -2.08. The lowest BCUT2D eigenvalue weighted by molar-refractivity contribution is -0.121. The Morgan fingerprint density at radius 2 is 1.64 bits per heavy atom. The molecule has 0 atom stereocenters. The van der Waals surface area contributed by atoms with Gasteiger partial charge in [0.25, 0.3) is 0 Å². The van der Waals surface area contributed by atoms with Crippen molar-refractivity contribution in [2.75, 3.05) is 6.61 Å². The molecule has 0 aliphatic carbocycles. The molecule has 1 amide bonds. The van der Waals surface area contributed by atoms with Gasteiger partial charge in [0.15, 0.2) is 5.78 Å². The molecule has 0 unspecified atom stereocenters. The average molecular weight is 442 g/mol. The Morgan fingerprint density at radius 3 is 2.39 bits per heavy atom. The highest BCUT2D eigenvalue weighted by Crippen LogP contribution is 2.15. The van der Waals surface area contributed by atoms with E-state index < -0.39 is 0 Å². The van der Waals surface area contributed by atoms with E-state index in [1.807, 2.05) is 43.6 Å². The summed E-state index contributed by atoms with van der Waals surface area (Å²) in [7, 11) is 0. The van der Waals surface area contributed by atoms with Gasteiger partial charge in [-0.05, 0) is 54.4 Å². The van der Waals surface area contributed by atoms with Crippen molar-refractivity contribution >= 4 is 22.7 Å². The second-order valence-electron chi connectivity index (χ2n) is 7.83. The number of ketones is 1. The second kappa shape index (κ2) is 10.6. The number of amides is 1. The molecule has 1 N–H and O–H groups in total. The van der Waals surface area contributed by atoms with Crippen molar-refractivity contribution in [3.05, 3.63) is 95.8 Å². The zero-order valence-electron chi connectivity index (χ0n) is 18.7. The van der Waals surface area contributed by atoms with Gasteiger partial charge in [0.2, 0.25) is 5.91 Å². The van der Waals surface area contributed by atoms with Gasteiger partial charge in [-0.25, -0.2) is 4.98 Å². The van der Waals surface area contributed by atoms with Crippen LogP contribution in [0, 0.1) is 0 Å². The molecular formula is C27H27N3O3. The maximum Gasteiger partial charge on any atom is 0.220 e. The zero-order valence-corrected chi connectivity index (χ0v) is 18.7. The van der Waals surface area contributed by atoms with Gasteiger partial charge >= 0.3 is 0 Å². The van der Waals surface area contributed by atoms with Crippen molar-refractivity contribution in [2.45, 2.75) is 32.9 Å². The third kappa shape index (κ3) is 5.86. The summed E-state index contributed by atoms with van der Waals surface area (Å²) in [6.07, 6.45) is 2.20. The highest BCUT2D eigenvalue weighted by Gasteiger charge is 2.10. The fourth-order valence-electron chi connectivity index (χ4n) is 3.66. The maximum absolute atomic E-state index is 12.3. The first-order valence-corrected chi connectivity index (χ1v) is 11.1. The molecule has 0 bridgehead atoms. The molecule has 4 rings (SSSR count). The van der Waals surface area contributed by atoms with Gasteiger partial charge in [0, 0.05) is 31.5 Å². The van der Waals surface area contributed by atoms with Crippen LogP contribution in [0.15, 0.2) is 79.1 Å². The van der Waals surface area contributed by atoms with E-state index in [0.29, 0.717) is 18.7 Å². The number of rotatable bonds is 10. The lowest BCUT2D eigenvalue weighted by atomic mass is 10.1. The van der Waals surface area contributed by atoms with Gasteiger partial charge in [-0.1, -0.05) is 36.4 Å². The Balaban J connectivity index is 1.23. The van der Waals surface area contributed by atoms with Crippen LogP contribution < -0.4 is 10.1 Å². The largest absolute Gasteiger partial charge is 0.494 e. The molecule has 0 aliphatic heterocycles. The Kier molecular flexibility index (Phi) is 7.15. The van der Waals surface area contributed by atoms with E-state index in [9.17, 15) is 9.59 Å². The van der Waals surface area contributed by atoms with E-state index >= 15 is 0 Å². The fraction of sp³-hybridized carbons (Fsp3) is 0.222. The molecule has 3 aromatic carbocycles. The van der Waals surface area contributed by atoms with Crippen LogP contribution in [0.1, 0.15) is 41.3 Å². The zero-order chi connectivity index (χ0) is 23.0. The molecule has 0 fully saturated rings. The van der Waals surface area contributed by atoms with Gasteiger partial charge in [0.1, 0.15) is 5.75 Å². The molecule has 1 heterocycles. The summed E-state index contributed by atoms with van der Waals surface area (Å²) in [5, 5.41) is 2.89. The quantitative estimate of drug-likeness (QED) is 0.360. The number of ether oxygens (including phenoxy) is 1. The normalized spacial score (nSPS) is 10.8. The minimum absolute atomic E-state index is 0.0513. The number of hydrogen-bond donors (Lipinski definition) is 1. The minimum atomic E-state index is -0.136. The Morgan fingerprint density at radius 1 is 0.909 bits per heavy atom. The minimum Gasteiger partial charge on any atom is -0.494 e. The van der Waals surface area contributed by atoms with Gasteiger partial charge in [-0.3, -0.25) is 9.59 Å². The van der Waals surface area contributed by atoms with Gasteiger partial charge in [-0.2, -0.15) is 0 Å². The second-order valence-corrected chi connectivity index (χ2v) is 7.83. The number of imidazole rings is 1. The fourth-order valence-corrected chi connectivity index (χ4v) is 3.66. The maximum atomic E-state index is 12.3. The molecule has 6 nitrogen and oxygen atoms in total. The molecule has 33 heavy (non-hydrogen) atoms. The number of fused-ring (bicyclic) bond motifs is 1. The van der Waals surface area contributed by atoms with E-state index in [1.165, 1.54) is 0 Å². The smallest absolute Gasteiger partial charge is 0.220 e. The van der Waals surface area contributed by atoms with Crippen LogP contribution in [0.3, 0.4) is 0 Å². The van der Waals surface area contributed by atoms with E-state index in [-0.39, 0.29) is 24.5 Å². The van der Waals surface area contributed by atoms with Crippen LogP contribution in [0.5, 0.6) is 5.75 Å². The first kappa shape index (κ1) is 22.3. The number of aromatic nitrogens is 2. The van der Waals surface area contributed by atoms with E-state index in [4.69, 9.17) is 4.74 Å². The molecule has 0 saturated heterocycles. The molecule has 168 valence electrons. The number of nitrogens with zero attached hydrogens (tertiary/aromatic N) is 2. The summed E-state index contributed by atoms with van der Waals surface area (Å²) in [6.45, 7) is 3.66. The Labute approximate surface area is 193 Å². The number of carbonyl (C=O) groups excluding carboxylic acids is 2. The average Bonchev–Trinajstić information content (AvgIpc) is 3.25. The van der Waals surface area contributed by atoms with Crippen LogP contribution in [0.25, 0.3) is 11.0 Å². The number of carbonyl (C=O) groups is 2. The predicted octanol–water partition coefficient (Wildman–Crippen LogP) is 4.76. The standard InChI is InChI=1S/C27H27N3O3/c1-2-33-23-13-11-22(12-14-23)26(31)15-16-27(32)28-17-20-7-9-21(10-8-20)18-30-19-29-24-5-3-4-6-25(24)30/h3-14,19H,2,15-18H2,1H3,(H,28,32). The van der Waals surface area contributed by atoms with Gasteiger partial charge < -0.3 is 14.6 Å². The first-order valence-electron chi connectivity index (χ1n) is 11.1. The van der Waals surface area contributed by atoms with Crippen molar-refractivity contribution in [3.63, 3.8) is 0 Å². The summed E-state index contributed by atoms with van der Waals surface area (Å²) in [5.74, 6) is 0.545. The van der Waals surface area contributed by atoms with Crippen LogP contribution >= 0.6 is 0 Å². The summed E-state index contributed by atoms with van der Waals surface area (Å²) in [5.41, 5.74) is 4.86. The predicted molar refractivity (Wildman–Crippen MR) is 128 cm³/mol. The molecule has 0 aliphatic rings. The van der Waals surface area contributed by atoms with E-state index in [2.05, 4.69) is 33.1 Å². The van der Waals surface area contributed by atoms with Crippen LogP contribution in [0.4, 0.5) is 0 Å². The molecule has 6 heteroatoms. The third-order valence-electron chi connectivity index (χ3n) is 5.46. The third-order valence-corrected chi connectivity index (χ3v) is 5.46. The Hall–Kier alpha value is -3.93. The molecule has 0 saturated carbocycles. The monoisotopic (exact) mass is 441 g/mol. The Bertz CT molecular complexity index is 1230. The number of Topliss-reactive ketones (excluding diaryl/α,β-unsaturated/α-hetero) is 1. The van der Waals surface area contributed by atoms with Crippen molar-refractivity contribution in [1.29, 1.82) is 0 Å². The summed E-state index contributed by atoms with van der Waals surface area (Å²) >= 11 is 0. The van der Waals surface area contributed by atoms with Crippen molar-refractivity contribution in [3.8, 4) is 5.75 Å². The van der Waals surface area contributed by atoms with Gasteiger partial charge in [-0.15, -0.1) is 0 Å². The molecule has 1 aromatic heterocycles. The topological polar surface area (TPSA) is 73.2 Å². The van der Waals surface area contributed by atoms with Gasteiger partial charge in [0.05, 0.1) is 24.0 Å². The summed E-state index contributed by atoms with van der Waals surface area (Å²) in [4.78, 5) is 28.9. The van der Waals surface area contributed by atoms with Crippen molar-refractivity contribution < 1.29 is 14.3 Å². The number of nitrogens with one attached hydrogen (secondary N) is 1. The van der Waals surface area contributed by atoms with Crippen LogP contribution in [-0.4, -0.2) is 27.8 Å². The van der Waals surface area contributed by atoms with Crippen LogP contribution in [0.2, 0.25) is 0 Å². The van der Waals surface area contributed by atoms with Crippen LogP contribution in [-0.2, 0) is 17.9 Å². The summed E-state index contributed by atoms with van der Waals surface area (Å²) in [6, 6.07) is 23.2. The number of hydrogen-bond acceptors (Lipinski definition) is 4. The van der Waals surface area contributed by atoms with E-state index in [1.54, 1.807) is 24.3 Å². The summed E-state index contributed by atoms with van der Waals surface area (Å²) < 4.78 is 7.50. The van der Waals surface area contributed by atoms with Crippen molar-refractivity contribution in [2.24, 2.45) is 0 Å². The highest BCUT2D eigenvalue weighted by atomic mass is 16.5. The molecule has 0 spiro atoms. The SMILES string of the molecule is CCOc1ccc(C(=O)CCC(=O)NCc2ccc(Cn3cnc4ccccc43)cc2)cc1. The molecule has 4 aromatic rings. The highest BCUT2D eigenvalue weighted by molar-refractivity contribution is 5.98. The van der Waals surface area contributed by atoms with E-state index in [0.717, 1.165) is 34.5 Å². The van der Waals surface area contributed by atoms with Crippen molar-refractivity contribution in [1.82, 2.24) is 14.9 Å². The number of para-hydroxylation sites is 2. The lowest BCUT2D eigenvalue weighted by Crippen LogP contribution is -2.23. The number of benzene rings is 3. The first-order chi connectivity index (χ1) is 16.1. The molecular weight excluding hydrogens is 414 g/mol.